The molecule has 0 radical (unpaired) electrons. The van der Waals surface area contributed by atoms with Gasteiger partial charge < -0.3 is 9.84 Å². The van der Waals surface area contributed by atoms with Gasteiger partial charge in [-0.1, -0.05) is 19.3 Å². The van der Waals surface area contributed by atoms with Crippen LogP contribution in [0.25, 0.3) is 0 Å². The van der Waals surface area contributed by atoms with Crippen LogP contribution in [0.5, 0.6) is 0 Å². The smallest absolute Gasteiger partial charge is 0.0747 e. The van der Waals surface area contributed by atoms with E-state index in [1.54, 1.807) is 0 Å². The highest BCUT2D eigenvalue weighted by Gasteiger charge is 2.31. The van der Waals surface area contributed by atoms with Gasteiger partial charge in [0, 0.05) is 25.8 Å². The van der Waals surface area contributed by atoms with Gasteiger partial charge in [0.1, 0.15) is 0 Å². The first-order valence-corrected chi connectivity index (χ1v) is 7.59. The van der Waals surface area contributed by atoms with E-state index in [-0.39, 0.29) is 0 Å². The quantitative estimate of drug-likeness (QED) is 0.912. The van der Waals surface area contributed by atoms with Crippen LogP contribution in [0, 0.1) is 0 Å². The Bertz CT molecular complexity index is 404. The molecule has 0 unspecified atom stereocenters. The zero-order valence-corrected chi connectivity index (χ0v) is 11.6. The Morgan fingerprint density at radius 2 is 2.00 bits per heavy atom. The summed E-state index contributed by atoms with van der Waals surface area (Å²) in [6.45, 7) is 1.33. The molecule has 1 saturated carbocycles. The molecule has 3 rings (SSSR count). The first-order valence-electron chi connectivity index (χ1n) is 7.59. The molecule has 0 atom stereocenters. The van der Waals surface area contributed by atoms with Crippen molar-refractivity contribution in [3.05, 3.63) is 18.0 Å². The molecular formula is C15H24N2O2. The van der Waals surface area contributed by atoms with E-state index in [0.29, 0.717) is 25.7 Å². The highest BCUT2D eigenvalue weighted by atomic mass is 16.5. The number of ether oxygens (including phenoxy) is 1. The molecule has 0 amide bonds. The molecule has 2 heterocycles. The zero-order chi connectivity index (χ0) is 13.1. The molecule has 2 fully saturated rings. The predicted molar refractivity (Wildman–Crippen MR) is 73.1 cm³/mol. The summed E-state index contributed by atoms with van der Waals surface area (Å²) in [7, 11) is 0. The largest absolute Gasteiger partial charge is 0.389 e. The average molecular weight is 264 g/mol. The van der Waals surface area contributed by atoms with E-state index < -0.39 is 5.60 Å². The topological polar surface area (TPSA) is 47.3 Å². The summed E-state index contributed by atoms with van der Waals surface area (Å²) in [5, 5.41) is 15.2. The van der Waals surface area contributed by atoms with Gasteiger partial charge >= 0.3 is 0 Å². The van der Waals surface area contributed by atoms with Crippen LogP contribution in [-0.4, -0.2) is 33.7 Å². The van der Waals surface area contributed by atoms with E-state index in [2.05, 4.69) is 22.0 Å². The summed E-state index contributed by atoms with van der Waals surface area (Å²) in [4.78, 5) is 0. The normalized spacial score (nSPS) is 24.5. The van der Waals surface area contributed by atoms with Gasteiger partial charge in [-0.3, -0.25) is 4.68 Å². The van der Waals surface area contributed by atoms with E-state index >= 15 is 0 Å². The minimum atomic E-state index is -0.607. The molecule has 4 heteroatoms. The highest BCUT2D eigenvalue weighted by molar-refractivity contribution is 5.05. The maximum atomic E-state index is 10.5. The van der Waals surface area contributed by atoms with Crippen LogP contribution in [0.3, 0.4) is 0 Å². The SMILES string of the molecule is OC1(Cc2ccn(C3CCCCC3)n2)CCOCC1. The van der Waals surface area contributed by atoms with Gasteiger partial charge in [0.15, 0.2) is 0 Å². The van der Waals surface area contributed by atoms with Crippen molar-refractivity contribution in [1.82, 2.24) is 9.78 Å². The van der Waals surface area contributed by atoms with E-state index in [4.69, 9.17) is 4.74 Å². The van der Waals surface area contributed by atoms with Crippen molar-refractivity contribution in [2.45, 2.75) is 63.0 Å². The third kappa shape index (κ3) is 3.18. The Balaban J connectivity index is 1.63. The number of nitrogens with zero attached hydrogens (tertiary/aromatic N) is 2. The summed E-state index contributed by atoms with van der Waals surface area (Å²) >= 11 is 0. The Labute approximate surface area is 114 Å². The van der Waals surface area contributed by atoms with Gasteiger partial charge in [0.05, 0.1) is 17.3 Å². The van der Waals surface area contributed by atoms with Gasteiger partial charge in [-0.2, -0.15) is 5.10 Å². The Morgan fingerprint density at radius 1 is 1.26 bits per heavy atom. The van der Waals surface area contributed by atoms with E-state index in [1.165, 1.54) is 32.1 Å². The summed E-state index contributed by atoms with van der Waals surface area (Å²) in [6, 6.07) is 2.65. The van der Waals surface area contributed by atoms with Crippen molar-refractivity contribution < 1.29 is 9.84 Å². The van der Waals surface area contributed by atoms with Crippen molar-refractivity contribution in [3.63, 3.8) is 0 Å². The Kier molecular flexibility index (Phi) is 3.89. The van der Waals surface area contributed by atoms with Gasteiger partial charge in [0.2, 0.25) is 0 Å². The van der Waals surface area contributed by atoms with Crippen LogP contribution in [0.15, 0.2) is 12.3 Å². The third-order valence-electron chi connectivity index (χ3n) is 4.55. The summed E-state index contributed by atoms with van der Waals surface area (Å²) in [5.74, 6) is 0. The van der Waals surface area contributed by atoms with Crippen molar-refractivity contribution in [3.8, 4) is 0 Å². The molecule has 19 heavy (non-hydrogen) atoms. The number of hydrogen-bond acceptors (Lipinski definition) is 3. The molecule has 0 bridgehead atoms. The minimum absolute atomic E-state index is 0.576. The monoisotopic (exact) mass is 264 g/mol. The zero-order valence-electron chi connectivity index (χ0n) is 11.6. The molecule has 0 spiro atoms. The van der Waals surface area contributed by atoms with Gasteiger partial charge in [-0.25, -0.2) is 0 Å². The summed E-state index contributed by atoms with van der Waals surface area (Å²) < 4.78 is 7.44. The highest BCUT2D eigenvalue weighted by Crippen LogP contribution is 2.29. The molecular weight excluding hydrogens is 240 g/mol. The summed E-state index contributed by atoms with van der Waals surface area (Å²) in [5.41, 5.74) is 0.416. The second kappa shape index (κ2) is 5.63. The van der Waals surface area contributed by atoms with Crippen LogP contribution in [0.4, 0.5) is 0 Å². The lowest BCUT2D eigenvalue weighted by Crippen LogP contribution is -2.38. The lowest BCUT2D eigenvalue weighted by molar-refractivity contribution is -0.0631. The molecule has 0 aromatic carbocycles. The molecule has 1 aliphatic heterocycles. The molecule has 4 nitrogen and oxygen atoms in total. The molecule has 1 saturated heterocycles. The molecule has 1 aromatic rings. The van der Waals surface area contributed by atoms with Gasteiger partial charge in [-0.15, -0.1) is 0 Å². The van der Waals surface area contributed by atoms with E-state index in [9.17, 15) is 5.11 Å². The van der Waals surface area contributed by atoms with Crippen molar-refractivity contribution >= 4 is 0 Å². The maximum Gasteiger partial charge on any atom is 0.0747 e. The second-order valence-corrected chi connectivity index (χ2v) is 6.09. The first-order chi connectivity index (χ1) is 9.25. The lowest BCUT2D eigenvalue weighted by Gasteiger charge is -2.31. The summed E-state index contributed by atoms with van der Waals surface area (Å²) in [6.07, 6.45) is 10.7. The molecule has 1 aromatic heterocycles. The van der Waals surface area contributed by atoms with Crippen molar-refractivity contribution in [2.24, 2.45) is 0 Å². The van der Waals surface area contributed by atoms with E-state index in [0.717, 1.165) is 18.5 Å². The van der Waals surface area contributed by atoms with Crippen LogP contribution in [-0.2, 0) is 11.2 Å². The van der Waals surface area contributed by atoms with Crippen LogP contribution >= 0.6 is 0 Å². The molecule has 1 aliphatic carbocycles. The second-order valence-electron chi connectivity index (χ2n) is 6.09. The molecule has 2 aliphatic rings. The molecule has 1 N–H and O–H groups in total. The first kappa shape index (κ1) is 13.1. The molecule has 106 valence electrons. The number of rotatable bonds is 3. The fourth-order valence-corrected chi connectivity index (χ4v) is 3.29. The standard InChI is InChI=1S/C15H24N2O2/c18-15(7-10-19-11-8-15)12-13-6-9-17(16-13)14-4-2-1-3-5-14/h6,9,14,18H,1-5,7-8,10-12H2. The maximum absolute atomic E-state index is 10.5. The lowest BCUT2D eigenvalue weighted by atomic mass is 9.89. The fourth-order valence-electron chi connectivity index (χ4n) is 3.29. The number of aliphatic hydroxyl groups is 1. The van der Waals surface area contributed by atoms with E-state index in [1.807, 2.05) is 0 Å². The van der Waals surface area contributed by atoms with Crippen LogP contribution in [0.2, 0.25) is 0 Å². The van der Waals surface area contributed by atoms with Gasteiger partial charge in [0.25, 0.3) is 0 Å². The fraction of sp³-hybridized carbons (Fsp3) is 0.800. The minimum Gasteiger partial charge on any atom is -0.389 e. The number of hydrogen-bond donors (Lipinski definition) is 1. The third-order valence-corrected chi connectivity index (χ3v) is 4.55. The van der Waals surface area contributed by atoms with Gasteiger partial charge in [-0.05, 0) is 31.7 Å². The predicted octanol–water partition coefficient (Wildman–Crippen LogP) is 2.47. The van der Waals surface area contributed by atoms with Crippen molar-refractivity contribution in [1.29, 1.82) is 0 Å². The number of aromatic nitrogens is 2. The van der Waals surface area contributed by atoms with Crippen LogP contribution < -0.4 is 0 Å². The Morgan fingerprint density at radius 3 is 2.74 bits per heavy atom. The van der Waals surface area contributed by atoms with Crippen LogP contribution in [0.1, 0.15) is 56.7 Å². The Hall–Kier alpha value is -0.870. The van der Waals surface area contributed by atoms with Crippen molar-refractivity contribution in [2.75, 3.05) is 13.2 Å². The average Bonchev–Trinajstić information content (AvgIpc) is 2.88.